The standard InChI is InChI=1S/C32H23BrClN3O4S/c1-19-7-13-25-27(15-19)42-30(29(25)34)32(40)41-26-14-10-23(33)17-22(26)18-35-37-31(39)21-8-11-24(12-9-21)36-28(38)16-20-5-3-2-4-6-20/h2-15,17-18H,16H2,1H3,(H,36,38)(H,37,39)/b35-18-. The van der Waals surface area contributed by atoms with Crippen molar-refractivity contribution in [3.63, 3.8) is 0 Å². The van der Waals surface area contributed by atoms with Crippen molar-refractivity contribution in [2.24, 2.45) is 5.10 Å². The first-order valence-electron chi connectivity index (χ1n) is 12.7. The second-order valence-electron chi connectivity index (χ2n) is 9.30. The number of hydrazone groups is 1. The van der Waals surface area contributed by atoms with Crippen LogP contribution >= 0.6 is 38.9 Å². The molecule has 4 aromatic carbocycles. The molecule has 42 heavy (non-hydrogen) atoms. The van der Waals surface area contributed by atoms with Crippen LogP contribution in [-0.2, 0) is 11.2 Å². The Kier molecular flexibility index (Phi) is 9.12. The summed E-state index contributed by atoms with van der Waals surface area (Å²) in [4.78, 5) is 38.3. The lowest BCUT2D eigenvalue weighted by molar-refractivity contribution is -0.115. The van der Waals surface area contributed by atoms with Crippen LogP contribution in [0.3, 0.4) is 0 Å². The zero-order chi connectivity index (χ0) is 29.6. The molecule has 1 aromatic heterocycles. The van der Waals surface area contributed by atoms with Gasteiger partial charge < -0.3 is 10.1 Å². The van der Waals surface area contributed by atoms with Gasteiger partial charge in [-0.15, -0.1) is 11.3 Å². The Morgan fingerprint density at radius 3 is 2.50 bits per heavy atom. The van der Waals surface area contributed by atoms with E-state index in [0.717, 1.165) is 25.7 Å². The molecule has 0 radical (unpaired) electrons. The van der Waals surface area contributed by atoms with Crippen LogP contribution in [0.15, 0.2) is 101 Å². The first-order valence-corrected chi connectivity index (χ1v) is 14.7. The van der Waals surface area contributed by atoms with E-state index in [0.29, 0.717) is 26.7 Å². The predicted octanol–water partition coefficient (Wildman–Crippen LogP) is 7.79. The van der Waals surface area contributed by atoms with Gasteiger partial charge in [-0.3, -0.25) is 9.59 Å². The minimum absolute atomic E-state index is 0.154. The molecule has 10 heteroatoms. The summed E-state index contributed by atoms with van der Waals surface area (Å²) in [6.07, 6.45) is 1.64. The molecule has 0 aliphatic carbocycles. The molecule has 0 unspecified atom stereocenters. The monoisotopic (exact) mass is 659 g/mol. The highest BCUT2D eigenvalue weighted by Gasteiger charge is 2.20. The third-order valence-electron chi connectivity index (χ3n) is 6.15. The van der Waals surface area contributed by atoms with Gasteiger partial charge in [0.05, 0.1) is 17.7 Å². The maximum absolute atomic E-state index is 13.0. The molecule has 7 nitrogen and oxygen atoms in total. The second kappa shape index (κ2) is 13.1. The van der Waals surface area contributed by atoms with Gasteiger partial charge in [-0.1, -0.05) is 70.0 Å². The second-order valence-corrected chi connectivity index (χ2v) is 11.6. The van der Waals surface area contributed by atoms with Crippen molar-refractivity contribution < 1.29 is 19.1 Å². The minimum Gasteiger partial charge on any atom is -0.422 e. The Labute approximate surface area is 259 Å². The number of nitrogens with zero attached hydrogens (tertiary/aromatic N) is 1. The highest BCUT2D eigenvalue weighted by Crippen LogP contribution is 2.36. The summed E-state index contributed by atoms with van der Waals surface area (Å²) in [6, 6.07) is 26.8. The van der Waals surface area contributed by atoms with Crippen LogP contribution in [0, 0.1) is 6.92 Å². The average molecular weight is 661 g/mol. The third kappa shape index (κ3) is 7.12. The molecule has 0 atom stereocenters. The van der Waals surface area contributed by atoms with Crippen molar-refractivity contribution in [3.8, 4) is 5.75 Å². The van der Waals surface area contributed by atoms with Gasteiger partial charge in [-0.05, 0) is 66.6 Å². The fourth-order valence-corrected chi connectivity index (χ4v) is 5.94. The quantitative estimate of drug-likeness (QED) is 0.0769. The number of halogens is 2. The van der Waals surface area contributed by atoms with E-state index in [1.54, 1.807) is 42.5 Å². The molecule has 1 heterocycles. The smallest absolute Gasteiger partial charge is 0.355 e. The number of ether oxygens (including phenoxy) is 1. The fourth-order valence-electron chi connectivity index (χ4n) is 4.08. The van der Waals surface area contributed by atoms with Gasteiger partial charge in [-0.2, -0.15) is 5.10 Å². The highest BCUT2D eigenvalue weighted by molar-refractivity contribution is 9.10. The van der Waals surface area contributed by atoms with E-state index < -0.39 is 11.9 Å². The summed E-state index contributed by atoms with van der Waals surface area (Å²) in [5.41, 5.74) is 5.83. The van der Waals surface area contributed by atoms with Crippen LogP contribution in [0.4, 0.5) is 5.69 Å². The Morgan fingerprint density at radius 1 is 0.976 bits per heavy atom. The summed E-state index contributed by atoms with van der Waals surface area (Å²) >= 11 is 11.2. The van der Waals surface area contributed by atoms with Crippen LogP contribution in [0.2, 0.25) is 5.02 Å². The minimum atomic E-state index is -0.587. The zero-order valence-corrected chi connectivity index (χ0v) is 25.3. The van der Waals surface area contributed by atoms with Crippen molar-refractivity contribution >= 4 is 78.6 Å². The van der Waals surface area contributed by atoms with Crippen molar-refractivity contribution in [1.82, 2.24) is 5.43 Å². The van der Waals surface area contributed by atoms with Gasteiger partial charge in [0.2, 0.25) is 5.91 Å². The van der Waals surface area contributed by atoms with Crippen LogP contribution in [0.25, 0.3) is 10.1 Å². The van der Waals surface area contributed by atoms with Gasteiger partial charge in [0.1, 0.15) is 10.6 Å². The molecular weight excluding hydrogens is 638 g/mol. The molecule has 5 rings (SSSR count). The number of anilines is 1. The highest BCUT2D eigenvalue weighted by atomic mass is 79.9. The van der Waals surface area contributed by atoms with E-state index >= 15 is 0 Å². The Bertz CT molecular complexity index is 1820. The molecule has 2 N–H and O–H groups in total. The van der Waals surface area contributed by atoms with Gasteiger partial charge in [0.15, 0.2) is 0 Å². The summed E-state index contributed by atoms with van der Waals surface area (Å²) in [5.74, 6) is -0.940. The lowest BCUT2D eigenvalue weighted by Gasteiger charge is -2.08. The van der Waals surface area contributed by atoms with E-state index in [1.807, 2.05) is 55.5 Å². The number of amides is 2. The first kappa shape index (κ1) is 29.2. The Balaban J connectivity index is 1.22. The van der Waals surface area contributed by atoms with E-state index in [2.05, 4.69) is 31.8 Å². The Morgan fingerprint density at radius 2 is 1.74 bits per heavy atom. The number of fused-ring (bicyclic) bond motifs is 1. The van der Waals surface area contributed by atoms with E-state index in [4.69, 9.17) is 16.3 Å². The first-order chi connectivity index (χ1) is 20.3. The van der Waals surface area contributed by atoms with Crippen LogP contribution in [0.5, 0.6) is 5.75 Å². The molecule has 0 saturated carbocycles. The van der Waals surface area contributed by atoms with E-state index in [-0.39, 0.29) is 18.1 Å². The zero-order valence-electron chi connectivity index (χ0n) is 22.2. The third-order valence-corrected chi connectivity index (χ3v) is 8.28. The lowest BCUT2D eigenvalue weighted by Crippen LogP contribution is -2.18. The molecule has 0 aliphatic heterocycles. The van der Waals surface area contributed by atoms with Crippen molar-refractivity contribution in [2.45, 2.75) is 13.3 Å². The number of thiophene rings is 1. The SMILES string of the molecule is Cc1ccc2c(Cl)c(C(=O)Oc3ccc(Br)cc3/C=N\NC(=O)c3ccc(NC(=O)Cc4ccccc4)cc3)sc2c1. The lowest BCUT2D eigenvalue weighted by atomic mass is 10.1. The topological polar surface area (TPSA) is 96.9 Å². The number of rotatable bonds is 8. The molecule has 5 aromatic rings. The van der Waals surface area contributed by atoms with Gasteiger partial charge in [0.25, 0.3) is 5.91 Å². The molecule has 0 saturated heterocycles. The number of aryl methyl sites for hydroxylation is 1. The van der Waals surface area contributed by atoms with E-state index in [9.17, 15) is 14.4 Å². The number of hydrogen-bond acceptors (Lipinski definition) is 6. The van der Waals surface area contributed by atoms with Crippen LogP contribution in [-0.4, -0.2) is 24.0 Å². The van der Waals surface area contributed by atoms with E-state index in [1.165, 1.54) is 17.6 Å². The summed E-state index contributed by atoms with van der Waals surface area (Å²) in [6.45, 7) is 1.97. The van der Waals surface area contributed by atoms with Crippen molar-refractivity contribution in [2.75, 3.05) is 5.32 Å². The van der Waals surface area contributed by atoms with Crippen LogP contribution in [0.1, 0.15) is 36.7 Å². The maximum Gasteiger partial charge on any atom is 0.355 e. The van der Waals surface area contributed by atoms with Gasteiger partial charge >= 0.3 is 5.97 Å². The molecule has 2 amide bonds. The average Bonchev–Trinajstić information content (AvgIpc) is 3.30. The fraction of sp³-hybridized carbons (Fsp3) is 0.0625. The molecule has 0 fully saturated rings. The number of carbonyl (C=O) groups is 3. The number of benzene rings is 4. The normalized spacial score (nSPS) is 11.0. The maximum atomic E-state index is 13.0. The number of esters is 1. The largest absolute Gasteiger partial charge is 0.422 e. The molecule has 0 aliphatic rings. The van der Waals surface area contributed by atoms with Crippen molar-refractivity contribution in [3.05, 3.63) is 128 Å². The molecule has 210 valence electrons. The number of carbonyl (C=O) groups excluding carboxylic acids is 3. The Hall–Kier alpha value is -4.31. The predicted molar refractivity (Wildman–Crippen MR) is 171 cm³/mol. The van der Waals surface area contributed by atoms with Crippen molar-refractivity contribution in [1.29, 1.82) is 0 Å². The summed E-state index contributed by atoms with van der Waals surface area (Å²) in [5, 5.41) is 8.01. The molecule has 0 bridgehead atoms. The molecular formula is C32H23BrClN3O4S. The molecule has 0 spiro atoms. The van der Waals surface area contributed by atoms with Gasteiger partial charge in [0, 0.05) is 31.4 Å². The summed E-state index contributed by atoms with van der Waals surface area (Å²) in [7, 11) is 0. The number of nitrogens with one attached hydrogen (secondary N) is 2. The summed E-state index contributed by atoms with van der Waals surface area (Å²) < 4.78 is 7.31. The number of hydrogen-bond donors (Lipinski definition) is 2. The van der Waals surface area contributed by atoms with Gasteiger partial charge in [-0.25, -0.2) is 10.2 Å². The van der Waals surface area contributed by atoms with Crippen LogP contribution < -0.4 is 15.5 Å².